The molecule has 1 N–H and O–H groups in total. The maximum atomic E-state index is 3.54. The third-order valence-electron chi connectivity index (χ3n) is 4.87. The molecule has 0 amide bonds. The van der Waals surface area contributed by atoms with E-state index in [0.717, 1.165) is 0 Å². The maximum absolute atomic E-state index is 3.54. The van der Waals surface area contributed by atoms with Gasteiger partial charge in [0.1, 0.15) is 0 Å². The Morgan fingerprint density at radius 3 is 1.17 bits per heavy atom. The fourth-order valence-electron chi connectivity index (χ4n) is 3.06. The van der Waals surface area contributed by atoms with Crippen LogP contribution < -0.4 is 5.32 Å². The standard InChI is InChI=1S/C22H39N/c1-19(2,3)15-13-16(20(4,5)6)18(22(10,11)23-12)17(14-15)21(7,8)9/h13-14,23H,1-12H3. The highest BCUT2D eigenvalue weighted by Gasteiger charge is 2.34. The van der Waals surface area contributed by atoms with Crippen molar-refractivity contribution in [2.75, 3.05) is 7.05 Å². The van der Waals surface area contributed by atoms with Crippen molar-refractivity contribution in [3.05, 3.63) is 34.4 Å². The second-order valence-electron chi connectivity index (χ2n) is 10.6. The van der Waals surface area contributed by atoms with Crippen molar-refractivity contribution in [2.45, 2.75) is 97.9 Å². The Hall–Kier alpha value is -0.820. The number of nitrogens with one attached hydrogen (secondary N) is 1. The molecule has 0 spiro atoms. The first-order valence-electron chi connectivity index (χ1n) is 8.90. The molecule has 1 aromatic carbocycles. The number of hydrogen-bond acceptors (Lipinski definition) is 1. The zero-order valence-electron chi connectivity index (χ0n) is 17.7. The van der Waals surface area contributed by atoms with Crippen LogP contribution in [0.25, 0.3) is 0 Å². The lowest BCUT2D eigenvalue weighted by molar-refractivity contribution is 0.411. The van der Waals surface area contributed by atoms with Crippen molar-refractivity contribution in [3.63, 3.8) is 0 Å². The monoisotopic (exact) mass is 317 g/mol. The van der Waals surface area contributed by atoms with Crippen molar-refractivity contribution >= 4 is 0 Å². The van der Waals surface area contributed by atoms with Gasteiger partial charge in [0.05, 0.1) is 0 Å². The molecule has 0 saturated heterocycles. The van der Waals surface area contributed by atoms with E-state index in [1.165, 1.54) is 22.3 Å². The molecule has 0 aliphatic heterocycles. The summed E-state index contributed by atoms with van der Waals surface area (Å²) in [6.07, 6.45) is 0. The Morgan fingerprint density at radius 2 is 0.957 bits per heavy atom. The van der Waals surface area contributed by atoms with E-state index in [-0.39, 0.29) is 21.8 Å². The first kappa shape index (κ1) is 20.2. The Balaban J connectivity index is 3.99. The van der Waals surface area contributed by atoms with Crippen LogP contribution in [0.15, 0.2) is 12.1 Å². The lowest BCUT2D eigenvalue weighted by Gasteiger charge is -2.39. The molecule has 132 valence electrons. The van der Waals surface area contributed by atoms with Crippen molar-refractivity contribution < 1.29 is 0 Å². The molecular weight excluding hydrogens is 278 g/mol. The topological polar surface area (TPSA) is 12.0 Å². The molecule has 1 aromatic rings. The van der Waals surface area contributed by atoms with Gasteiger partial charge in [-0.25, -0.2) is 0 Å². The summed E-state index contributed by atoms with van der Waals surface area (Å²) in [6.45, 7) is 25.5. The average Bonchev–Trinajstić information content (AvgIpc) is 2.34. The van der Waals surface area contributed by atoms with E-state index in [2.05, 4.69) is 101 Å². The molecule has 0 radical (unpaired) electrons. The van der Waals surface area contributed by atoms with Crippen LogP contribution in [-0.2, 0) is 21.8 Å². The van der Waals surface area contributed by atoms with Crippen molar-refractivity contribution in [1.29, 1.82) is 0 Å². The molecule has 0 atom stereocenters. The number of benzene rings is 1. The maximum Gasteiger partial charge on any atom is 0.0380 e. The van der Waals surface area contributed by atoms with Crippen LogP contribution in [0.3, 0.4) is 0 Å². The highest BCUT2D eigenvalue weighted by atomic mass is 14.9. The molecule has 23 heavy (non-hydrogen) atoms. The summed E-state index contributed by atoms with van der Waals surface area (Å²) < 4.78 is 0. The van der Waals surface area contributed by atoms with Crippen molar-refractivity contribution in [1.82, 2.24) is 5.32 Å². The van der Waals surface area contributed by atoms with Crippen LogP contribution >= 0.6 is 0 Å². The van der Waals surface area contributed by atoms with E-state index >= 15 is 0 Å². The second kappa shape index (κ2) is 5.92. The van der Waals surface area contributed by atoms with Gasteiger partial charge in [-0.3, -0.25) is 0 Å². The van der Waals surface area contributed by atoms with E-state index in [1.807, 2.05) is 0 Å². The summed E-state index contributed by atoms with van der Waals surface area (Å²) in [6, 6.07) is 4.90. The van der Waals surface area contributed by atoms with E-state index in [4.69, 9.17) is 0 Å². The minimum Gasteiger partial charge on any atom is -0.311 e. The van der Waals surface area contributed by atoms with Crippen LogP contribution in [-0.4, -0.2) is 7.05 Å². The van der Waals surface area contributed by atoms with Gasteiger partial charge in [0.25, 0.3) is 0 Å². The lowest BCUT2D eigenvalue weighted by atomic mass is 9.68. The van der Waals surface area contributed by atoms with Gasteiger partial charge in [-0.2, -0.15) is 0 Å². The first-order chi connectivity index (χ1) is 10.0. The van der Waals surface area contributed by atoms with Gasteiger partial charge in [0, 0.05) is 5.54 Å². The van der Waals surface area contributed by atoms with Gasteiger partial charge in [-0.05, 0) is 59.4 Å². The predicted octanol–water partition coefficient (Wildman–Crippen LogP) is 6.03. The quantitative estimate of drug-likeness (QED) is 0.702. The fraction of sp³-hybridized carbons (Fsp3) is 0.727. The lowest BCUT2D eigenvalue weighted by Crippen LogP contribution is -2.39. The Kier molecular flexibility index (Phi) is 5.20. The largest absolute Gasteiger partial charge is 0.311 e. The summed E-state index contributed by atoms with van der Waals surface area (Å²) in [7, 11) is 2.07. The second-order valence-corrected chi connectivity index (χ2v) is 10.6. The summed E-state index contributed by atoms with van der Waals surface area (Å²) in [5.41, 5.74) is 6.17. The number of hydrogen-bond donors (Lipinski definition) is 1. The van der Waals surface area contributed by atoms with Gasteiger partial charge in [0.15, 0.2) is 0 Å². The minimum atomic E-state index is -0.0539. The van der Waals surface area contributed by atoms with Gasteiger partial charge < -0.3 is 5.32 Å². The van der Waals surface area contributed by atoms with Crippen LogP contribution in [0.4, 0.5) is 0 Å². The third kappa shape index (κ3) is 4.38. The summed E-state index contributed by atoms with van der Waals surface area (Å²) in [5, 5.41) is 3.54. The van der Waals surface area contributed by atoms with Crippen LogP contribution in [0.2, 0.25) is 0 Å². The predicted molar refractivity (Wildman–Crippen MR) is 105 cm³/mol. The smallest absolute Gasteiger partial charge is 0.0380 e. The van der Waals surface area contributed by atoms with Crippen molar-refractivity contribution in [2.24, 2.45) is 0 Å². The molecular formula is C22H39N. The molecule has 0 aliphatic carbocycles. The Bertz CT molecular complexity index is 522. The Morgan fingerprint density at radius 1 is 0.609 bits per heavy atom. The molecule has 0 aliphatic rings. The minimum absolute atomic E-state index is 0.0539. The highest BCUT2D eigenvalue weighted by molar-refractivity contribution is 5.50. The van der Waals surface area contributed by atoms with E-state index in [1.54, 1.807) is 0 Å². The van der Waals surface area contributed by atoms with Crippen LogP contribution in [0.5, 0.6) is 0 Å². The zero-order valence-corrected chi connectivity index (χ0v) is 17.7. The van der Waals surface area contributed by atoms with E-state index in [9.17, 15) is 0 Å². The van der Waals surface area contributed by atoms with Gasteiger partial charge in [-0.1, -0.05) is 74.4 Å². The molecule has 0 bridgehead atoms. The molecule has 1 nitrogen and oxygen atoms in total. The van der Waals surface area contributed by atoms with Crippen LogP contribution in [0.1, 0.15) is 98.4 Å². The molecule has 0 fully saturated rings. The zero-order chi connectivity index (χ0) is 18.4. The molecule has 0 heterocycles. The van der Waals surface area contributed by atoms with E-state index < -0.39 is 0 Å². The normalized spacial score (nSPS) is 14.3. The van der Waals surface area contributed by atoms with E-state index in [0.29, 0.717) is 0 Å². The van der Waals surface area contributed by atoms with Crippen LogP contribution in [0, 0.1) is 0 Å². The SMILES string of the molecule is CNC(C)(C)c1c(C(C)(C)C)cc(C(C)(C)C)cc1C(C)(C)C. The first-order valence-corrected chi connectivity index (χ1v) is 8.90. The number of rotatable bonds is 2. The molecule has 0 unspecified atom stereocenters. The van der Waals surface area contributed by atoms with Gasteiger partial charge in [0.2, 0.25) is 0 Å². The van der Waals surface area contributed by atoms with Gasteiger partial charge >= 0.3 is 0 Å². The molecule has 1 rings (SSSR count). The van der Waals surface area contributed by atoms with Gasteiger partial charge in [-0.15, -0.1) is 0 Å². The summed E-state index contributed by atoms with van der Waals surface area (Å²) >= 11 is 0. The molecule has 1 heteroatoms. The molecule has 0 saturated carbocycles. The van der Waals surface area contributed by atoms with Crippen molar-refractivity contribution in [3.8, 4) is 0 Å². The molecule has 0 aromatic heterocycles. The summed E-state index contributed by atoms with van der Waals surface area (Å²) in [5.74, 6) is 0. The highest BCUT2D eigenvalue weighted by Crippen LogP contribution is 2.42. The average molecular weight is 318 g/mol. The fourth-order valence-corrected chi connectivity index (χ4v) is 3.06. The summed E-state index contributed by atoms with van der Waals surface area (Å²) in [4.78, 5) is 0. The third-order valence-corrected chi connectivity index (χ3v) is 4.87. The Labute approximate surface area is 145 Å².